The highest BCUT2D eigenvalue weighted by Gasteiger charge is 2.06. The number of nitrogens with one attached hydrogen (secondary N) is 1. The predicted octanol–water partition coefficient (Wildman–Crippen LogP) is 5.62. The fourth-order valence-corrected chi connectivity index (χ4v) is 2.66. The van der Waals surface area contributed by atoms with E-state index in [0.717, 1.165) is 18.6 Å². The van der Waals surface area contributed by atoms with E-state index in [1.807, 2.05) is 31.2 Å². The van der Waals surface area contributed by atoms with Gasteiger partial charge in [0.2, 0.25) is 0 Å². The van der Waals surface area contributed by atoms with Crippen molar-refractivity contribution in [3.63, 3.8) is 0 Å². The number of hydrogen-bond donors (Lipinski definition) is 1. The number of benzene rings is 3. The van der Waals surface area contributed by atoms with E-state index in [1.54, 1.807) is 24.3 Å². The molecule has 3 aromatic carbocycles. The third-order valence-corrected chi connectivity index (χ3v) is 4.32. The first-order valence-electron chi connectivity index (χ1n) is 9.59. The van der Waals surface area contributed by atoms with Gasteiger partial charge in [-0.25, -0.2) is 4.39 Å². The summed E-state index contributed by atoms with van der Waals surface area (Å²) in [6.45, 7) is 3.28. The molecule has 0 aliphatic carbocycles. The summed E-state index contributed by atoms with van der Waals surface area (Å²) in [5.74, 6) is 0.997. The topological polar surface area (TPSA) is 47.6 Å². The number of ether oxygens (including phenoxy) is 2. The number of amides is 1. The number of carbonyl (C=O) groups is 1. The van der Waals surface area contributed by atoms with E-state index in [4.69, 9.17) is 9.47 Å². The minimum Gasteiger partial charge on any atom is -0.494 e. The van der Waals surface area contributed by atoms with Gasteiger partial charge in [0.15, 0.2) is 0 Å². The van der Waals surface area contributed by atoms with Gasteiger partial charge in [-0.2, -0.15) is 0 Å². The Balaban J connectivity index is 1.36. The highest BCUT2D eigenvalue weighted by atomic mass is 19.1. The molecule has 4 nitrogen and oxygen atoms in total. The molecule has 1 N–H and O–H groups in total. The Kier molecular flexibility index (Phi) is 7.22. The van der Waals surface area contributed by atoms with E-state index >= 15 is 0 Å². The van der Waals surface area contributed by atoms with Gasteiger partial charge in [0, 0.05) is 11.3 Å². The molecule has 3 rings (SSSR count). The molecule has 0 fully saturated rings. The van der Waals surface area contributed by atoms with Crippen molar-refractivity contribution in [1.82, 2.24) is 0 Å². The first-order valence-corrected chi connectivity index (χ1v) is 9.59. The highest BCUT2D eigenvalue weighted by molar-refractivity contribution is 6.04. The summed E-state index contributed by atoms with van der Waals surface area (Å²) in [5.41, 5.74) is 2.27. The van der Waals surface area contributed by atoms with Crippen LogP contribution in [0.5, 0.6) is 11.5 Å². The Morgan fingerprint density at radius 3 is 1.86 bits per heavy atom. The van der Waals surface area contributed by atoms with E-state index < -0.39 is 0 Å². The molecule has 0 heterocycles. The van der Waals surface area contributed by atoms with Crippen molar-refractivity contribution in [1.29, 1.82) is 0 Å². The van der Waals surface area contributed by atoms with Gasteiger partial charge < -0.3 is 14.8 Å². The molecule has 150 valence electrons. The molecule has 0 saturated carbocycles. The minimum atomic E-state index is -0.341. The molecular weight excluding hydrogens is 369 g/mol. The second-order valence-electron chi connectivity index (χ2n) is 6.70. The van der Waals surface area contributed by atoms with E-state index in [2.05, 4.69) is 5.32 Å². The molecule has 1 amide bonds. The molecule has 3 aromatic rings. The largest absolute Gasteiger partial charge is 0.494 e. The number of aryl methyl sites for hydroxylation is 1. The Hall–Kier alpha value is -3.34. The third-order valence-electron chi connectivity index (χ3n) is 4.32. The van der Waals surface area contributed by atoms with Gasteiger partial charge in [0.25, 0.3) is 5.91 Å². The number of anilines is 1. The molecule has 0 bridgehead atoms. The maximum Gasteiger partial charge on any atom is 0.255 e. The zero-order valence-corrected chi connectivity index (χ0v) is 16.4. The summed E-state index contributed by atoms with van der Waals surface area (Å²) in [4.78, 5) is 12.2. The molecular formula is C24H24FNO3. The molecule has 0 atom stereocenters. The normalized spacial score (nSPS) is 10.4. The van der Waals surface area contributed by atoms with E-state index in [0.29, 0.717) is 30.2 Å². The van der Waals surface area contributed by atoms with Crippen LogP contribution in [0, 0.1) is 12.7 Å². The SMILES string of the molecule is Cc1ccc(OCCCCOc2ccc(C(=O)Nc3ccc(F)cc3)cc2)cc1. The molecule has 0 saturated heterocycles. The fraction of sp³-hybridized carbons (Fsp3) is 0.208. The Morgan fingerprint density at radius 1 is 0.793 bits per heavy atom. The third kappa shape index (κ3) is 6.64. The molecule has 29 heavy (non-hydrogen) atoms. The summed E-state index contributed by atoms with van der Waals surface area (Å²) in [5, 5.41) is 2.73. The van der Waals surface area contributed by atoms with E-state index in [-0.39, 0.29) is 11.7 Å². The van der Waals surface area contributed by atoms with Crippen LogP contribution in [0.2, 0.25) is 0 Å². The zero-order valence-electron chi connectivity index (χ0n) is 16.4. The number of unbranched alkanes of at least 4 members (excludes halogenated alkanes) is 1. The van der Waals surface area contributed by atoms with Crippen LogP contribution >= 0.6 is 0 Å². The summed E-state index contributed by atoms with van der Waals surface area (Å²) in [6.07, 6.45) is 1.77. The van der Waals surface area contributed by atoms with Crippen molar-refractivity contribution in [2.75, 3.05) is 18.5 Å². The smallest absolute Gasteiger partial charge is 0.255 e. The molecule has 0 aliphatic rings. The standard InChI is InChI=1S/C24H24FNO3/c1-18-4-12-22(13-5-18)28-16-2-3-17-29-23-14-6-19(7-15-23)24(27)26-21-10-8-20(25)9-11-21/h4-15H,2-3,16-17H2,1H3,(H,26,27). The van der Waals surface area contributed by atoms with Gasteiger partial charge in [-0.3, -0.25) is 4.79 Å². The fourth-order valence-electron chi connectivity index (χ4n) is 2.66. The van der Waals surface area contributed by atoms with Crippen LogP contribution in [-0.4, -0.2) is 19.1 Å². The maximum absolute atomic E-state index is 12.9. The van der Waals surface area contributed by atoms with Crippen molar-refractivity contribution in [3.05, 3.63) is 89.7 Å². The molecule has 0 spiro atoms. The summed E-state index contributed by atoms with van der Waals surface area (Å²) < 4.78 is 24.3. The minimum absolute atomic E-state index is 0.253. The lowest BCUT2D eigenvalue weighted by Crippen LogP contribution is -2.11. The molecule has 0 aromatic heterocycles. The van der Waals surface area contributed by atoms with Crippen molar-refractivity contribution < 1.29 is 18.7 Å². The van der Waals surface area contributed by atoms with Crippen molar-refractivity contribution in [3.8, 4) is 11.5 Å². The highest BCUT2D eigenvalue weighted by Crippen LogP contribution is 2.16. The Bertz CT molecular complexity index is 906. The number of rotatable bonds is 9. The molecule has 5 heteroatoms. The van der Waals surface area contributed by atoms with E-state index in [9.17, 15) is 9.18 Å². The van der Waals surface area contributed by atoms with Crippen molar-refractivity contribution in [2.24, 2.45) is 0 Å². The predicted molar refractivity (Wildman–Crippen MR) is 112 cm³/mol. The summed E-state index contributed by atoms with van der Waals surface area (Å²) >= 11 is 0. The van der Waals surface area contributed by atoms with Gasteiger partial charge in [-0.1, -0.05) is 17.7 Å². The van der Waals surface area contributed by atoms with Crippen LogP contribution in [0.1, 0.15) is 28.8 Å². The lowest BCUT2D eigenvalue weighted by molar-refractivity contribution is 0.102. The van der Waals surface area contributed by atoms with Crippen LogP contribution in [0.25, 0.3) is 0 Å². The molecule has 0 aliphatic heterocycles. The first-order chi connectivity index (χ1) is 14.1. The van der Waals surface area contributed by atoms with E-state index in [1.165, 1.54) is 29.8 Å². The monoisotopic (exact) mass is 393 g/mol. The lowest BCUT2D eigenvalue weighted by atomic mass is 10.2. The second-order valence-corrected chi connectivity index (χ2v) is 6.70. The van der Waals surface area contributed by atoms with Crippen molar-refractivity contribution >= 4 is 11.6 Å². The summed E-state index contributed by atoms with van der Waals surface area (Å²) in [6, 6.07) is 20.6. The van der Waals surface area contributed by atoms with Gasteiger partial charge in [-0.15, -0.1) is 0 Å². The van der Waals surface area contributed by atoms with Crippen molar-refractivity contribution in [2.45, 2.75) is 19.8 Å². The average molecular weight is 393 g/mol. The van der Waals surface area contributed by atoms with Crippen LogP contribution < -0.4 is 14.8 Å². The van der Waals surface area contributed by atoms with Crippen LogP contribution in [0.4, 0.5) is 10.1 Å². The zero-order chi connectivity index (χ0) is 20.5. The molecule has 0 radical (unpaired) electrons. The lowest BCUT2D eigenvalue weighted by Gasteiger charge is -2.09. The van der Waals surface area contributed by atoms with Gasteiger partial charge >= 0.3 is 0 Å². The van der Waals surface area contributed by atoms with Crippen LogP contribution in [0.3, 0.4) is 0 Å². The maximum atomic E-state index is 12.9. The number of hydrogen-bond acceptors (Lipinski definition) is 3. The van der Waals surface area contributed by atoms with Gasteiger partial charge in [-0.05, 0) is 80.4 Å². The van der Waals surface area contributed by atoms with Crippen LogP contribution in [-0.2, 0) is 0 Å². The molecule has 0 unspecified atom stereocenters. The number of halogens is 1. The van der Waals surface area contributed by atoms with Gasteiger partial charge in [0.05, 0.1) is 13.2 Å². The summed E-state index contributed by atoms with van der Waals surface area (Å²) in [7, 11) is 0. The van der Waals surface area contributed by atoms with Gasteiger partial charge in [0.1, 0.15) is 17.3 Å². The van der Waals surface area contributed by atoms with Crippen LogP contribution in [0.15, 0.2) is 72.8 Å². The Labute approximate surface area is 170 Å². The quantitative estimate of drug-likeness (QED) is 0.480. The second kappa shape index (κ2) is 10.3. The number of carbonyl (C=O) groups excluding carboxylic acids is 1. The Morgan fingerprint density at radius 2 is 1.31 bits per heavy atom. The first kappa shape index (κ1) is 20.4. The average Bonchev–Trinajstić information content (AvgIpc) is 2.74.